The van der Waals surface area contributed by atoms with E-state index in [4.69, 9.17) is 9.47 Å². The van der Waals surface area contributed by atoms with Gasteiger partial charge in [0.15, 0.2) is 0 Å². The molecule has 0 heterocycles. The lowest BCUT2D eigenvalue weighted by molar-refractivity contribution is -0.119. The molecule has 2 aromatic carbocycles. The summed E-state index contributed by atoms with van der Waals surface area (Å²) in [5.74, 6) is 0.978. The number of rotatable bonds is 7. The quantitative estimate of drug-likeness (QED) is 0.772. The van der Waals surface area contributed by atoms with Crippen LogP contribution in [0.2, 0.25) is 0 Å². The molecule has 0 aliphatic carbocycles. The third kappa shape index (κ3) is 4.64. The first-order valence-corrected chi connectivity index (χ1v) is 8.42. The molecular formula is C18H20FNO3S. The third-order valence-corrected chi connectivity index (χ3v) is 4.53. The number of benzene rings is 2. The molecule has 0 aromatic heterocycles. The summed E-state index contributed by atoms with van der Waals surface area (Å²) in [4.78, 5) is 12.6. The van der Waals surface area contributed by atoms with Crippen LogP contribution in [0.5, 0.6) is 11.5 Å². The molecule has 6 heteroatoms. The number of ether oxygens (including phenoxy) is 2. The fourth-order valence-corrected chi connectivity index (χ4v) is 2.99. The van der Waals surface area contributed by atoms with Crippen molar-refractivity contribution in [1.82, 2.24) is 5.32 Å². The maximum absolute atomic E-state index is 13.6. The first-order valence-electron chi connectivity index (χ1n) is 7.43. The molecule has 2 aromatic rings. The molecule has 1 atom stereocenters. The molecule has 2 rings (SSSR count). The predicted molar refractivity (Wildman–Crippen MR) is 93.2 cm³/mol. The molecule has 0 spiro atoms. The Hall–Kier alpha value is -2.21. The summed E-state index contributed by atoms with van der Waals surface area (Å²) < 4.78 is 24.1. The molecule has 1 N–H and O–H groups in total. The van der Waals surface area contributed by atoms with Crippen LogP contribution in [0.1, 0.15) is 18.5 Å². The Morgan fingerprint density at radius 2 is 1.96 bits per heavy atom. The molecule has 1 unspecified atom stereocenters. The van der Waals surface area contributed by atoms with Crippen LogP contribution in [0.4, 0.5) is 4.39 Å². The van der Waals surface area contributed by atoms with Crippen molar-refractivity contribution in [2.24, 2.45) is 0 Å². The Morgan fingerprint density at radius 3 is 2.62 bits per heavy atom. The zero-order chi connectivity index (χ0) is 17.5. The Morgan fingerprint density at radius 1 is 1.21 bits per heavy atom. The smallest absolute Gasteiger partial charge is 0.230 e. The van der Waals surface area contributed by atoms with Gasteiger partial charge in [0, 0.05) is 16.5 Å². The van der Waals surface area contributed by atoms with E-state index in [2.05, 4.69) is 5.32 Å². The molecule has 0 aliphatic rings. The van der Waals surface area contributed by atoms with Gasteiger partial charge in [-0.1, -0.05) is 12.1 Å². The summed E-state index contributed by atoms with van der Waals surface area (Å²) in [6.45, 7) is 1.87. The summed E-state index contributed by atoms with van der Waals surface area (Å²) in [6, 6.07) is 11.6. The van der Waals surface area contributed by atoms with Gasteiger partial charge in [-0.05, 0) is 31.2 Å². The second-order valence-corrected chi connectivity index (χ2v) is 6.13. The minimum absolute atomic E-state index is 0.143. The van der Waals surface area contributed by atoms with Gasteiger partial charge >= 0.3 is 0 Å². The summed E-state index contributed by atoms with van der Waals surface area (Å²) >= 11 is 1.17. The van der Waals surface area contributed by atoms with E-state index in [9.17, 15) is 9.18 Å². The number of nitrogens with one attached hydrogen (secondary N) is 1. The normalized spacial score (nSPS) is 11.7. The highest BCUT2D eigenvalue weighted by Gasteiger charge is 2.15. The Balaban J connectivity index is 1.97. The number of thioether (sulfide) groups is 1. The molecule has 0 saturated heterocycles. The van der Waals surface area contributed by atoms with Crippen LogP contribution in [0.25, 0.3) is 0 Å². The molecule has 0 aliphatic heterocycles. The number of methoxy groups -OCH3 is 2. The van der Waals surface area contributed by atoms with E-state index < -0.39 is 0 Å². The van der Waals surface area contributed by atoms with Crippen LogP contribution in [0.3, 0.4) is 0 Å². The van der Waals surface area contributed by atoms with E-state index in [0.717, 1.165) is 5.56 Å². The van der Waals surface area contributed by atoms with Gasteiger partial charge in [-0.2, -0.15) is 0 Å². The highest BCUT2D eigenvalue weighted by atomic mass is 32.2. The number of carbonyl (C=O) groups excluding carboxylic acids is 1. The minimum atomic E-state index is -0.319. The second kappa shape index (κ2) is 8.59. The Bertz CT molecular complexity index is 708. The topological polar surface area (TPSA) is 47.6 Å². The van der Waals surface area contributed by atoms with Crippen LogP contribution in [0.15, 0.2) is 47.4 Å². The van der Waals surface area contributed by atoms with Gasteiger partial charge in [-0.25, -0.2) is 4.39 Å². The largest absolute Gasteiger partial charge is 0.497 e. The predicted octanol–water partition coefficient (Wildman–Crippen LogP) is 3.81. The van der Waals surface area contributed by atoms with E-state index in [1.807, 2.05) is 19.1 Å². The maximum Gasteiger partial charge on any atom is 0.230 e. The first kappa shape index (κ1) is 18.1. The van der Waals surface area contributed by atoms with Crippen molar-refractivity contribution >= 4 is 17.7 Å². The van der Waals surface area contributed by atoms with Crippen molar-refractivity contribution in [2.45, 2.75) is 17.9 Å². The van der Waals surface area contributed by atoms with Crippen molar-refractivity contribution in [2.75, 3.05) is 20.0 Å². The highest BCUT2D eigenvalue weighted by Crippen LogP contribution is 2.29. The number of hydrogen-bond donors (Lipinski definition) is 1. The van der Waals surface area contributed by atoms with Crippen molar-refractivity contribution < 1.29 is 18.7 Å². The lowest BCUT2D eigenvalue weighted by Crippen LogP contribution is -2.28. The van der Waals surface area contributed by atoms with Crippen molar-refractivity contribution in [3.05, 3.63) is 53.8 Å². The Labute approximate surface area is 145 Å². The second-order valence-electron chi connectivity index (χ2n) is 5.12. The fraction of sp³-hybridized carbons (Fsp3) is 0.278. The standard InChI is InChI=1S/C18H20FNO3S/c1-12(14-9-8-13(22-2)10-16(14)23-3)20-18(21)11-24-17-7-5-4-6-15(17)19/h4-10,12H,11H2,1-3H3,(H,20,21). The van der Waals surface area contributed by atoms with Crippen LogP contribution >= 0.6 is 11.8 Å². The van der Waals surface area contributed by atoms with Crippen LogP contribution in [0, 0.1) is 5.82 Å². The van der Waals surface area contributed by atoms with E-state index in [1.165, 1.54) is 17.8 Å². The summed E-state index contributed by atoms with van der Waals surface area (Å²) in [5.41, 5.74) is 0.850. The number of carbonyl (C=O) groups is 1. The van der Waals surface area contributed by atoms with Gasteiger partial charge < -0.3 is 14.8 Å². The first-order chi connectivity index (χ1) is 11.5. The van der Waals surface area contributed by atoms with Gasteiger partial charge in [0.05, 0.1) is 26.0 Å². The Kier molecular flexibility index (Phi) is 6.49. The zero-order valence-electron chi connectivity index (χ0n) is 13.8. The lowest BCUT2D eigenvalue weighted by Gasteiger charge is -2.18. The van der Waals surface area contributed by atoms with Gasteiger partial charge in [-0.3, -0.25) is 4.79 Å². The van der Waals surface area contributed by atoms with Gasteiger partial charge in [0.2, 0.25) is 5.91 Å². The fourth-order valence-electron chi connectivity index (χ4n) is 2.24. The third-order valence-electron chi connectivity index (χ3n) is 3.48. The molecular weight excluding hydrogens is 329 g/mol. The van der Waals surface area contributed by atoms with E-state index in [0.29, 0.717) is 16.4 Å². The van der Waals surface area contributed by atoms with Crippen LogP contribution in [-0.2, 0) is 4.79 Å². The lowest BCUT2D eigenvalue weighted by atomic mass is 10.1. The van der Waals surface area contributed by atoms with Gasteiger partial charge in [-0.15, -0.1) is 11.8 Å². The number of halogens is 1. The highest BCUT2D eigenvalue weighted by molar-refractivity contribution is 8.00. The molecule has 1 amide bonds. The summed E-state index contributed by atoms with van der Waals surface area (Å²) in [7, 11) is 3.15. The molecule has 0 radical (unpaired) electrons. The zero-order valence-corrected chi connectivity index (χ0v) is 14.7. The molecule has 24 heavy (non-hydrogen) atoms. The van der Waals surface area contributed by atoms with Crippen LogP contribution < -0.4 is 14.8 Å². The minimum Gasteiger partial charge on any atom is -0.497 e. The summed E-state index contributed by atoms with van der Waals surface area (Å²) in [6.07, 6.45) is 0. The van der Waals surface area contributed by atoms with Crippen molar-refractivity contribution in [3.63, 3.8) is 0 Å². The number of amides is 1. The summed E-state index contributed by atoms with van der Waals surface area (Å²) in [5, 5.41) is 2.90. The molecule has 4 nitrogen and oxygen atoms in total. The van der Waals surface area contributed by atoms with E-state index in [1.54, 1.807) is 38.5 Å². The maximum atomic E-state index is 13.6. The SMILES string of the molecule is COc1ccc(C(C)NC(=O)CSc2ccccc2F)c(OC)c1. The van der Waals surface area contributed by atoms with E-state index in [-0.39, 0.29) is 23.5 Å². The average molecular weight is 349 g/mol. The monoisotopic (exact) mass is 349 g/mol. The van der Waals surface area contributed by atoms with Gasteiger partial charge in [0.1, 0.15) is 17.3 Å². The van der Waals surface area contributed by atoms with Crippen LogP contribution in [-0.4, -0.2) is 25.9 Å². The van der Waals surface area contributed by atoms with E-state index >= 15 is 0 Å². The molecule has 0 saturated carbocycles. The number of hydrogen-bond acceptors (Lipinski definition) is 4. The average Bonchev–Trinajstić information content (AvgIpc) is 2.60. The van der Waals surface area contributed by atoms with Crippen molar-refractivity contribution in [3.8, 4) is 11.5 Å². The molecule has 128 valence electrons. The molecule has 0 bridgehead atoms. The van der Waals surface area contributed by atoms with Crippen molar-refractivity contribution in [1.29, 1.82) is 0 Å². The molecule has 0 fully saturated rings. The van der Waals surface area contributed by atoms with Gasteiger partial charge in [0.25, 0.3) is 0 Å².